The van der Waals surface area contributed by atoms with Crippen molar-refractivity contribution in [1.82, 2.24) is 16.0 Å². The maximum absolute atomic E-state index is 13.5. The molecule has 0 aliphatic carbocycles. The van der Waals surface area contributed by atoms with Crippen LogP contribution in [0.4, 0.5) is 10.5 Å². The van der Waals surface area contributed by atoms with E-state index < -0.39 is 49.6 Å². The summed E-state index contributed by atoms with van der Waals surface area (Å²) in [6.45, 7) is 5.59. The van der Waals surface area contributed by atoms with Gasteiger partial charge >= 0.3 is 19.8 Å². The van der Waals surface area contributed by atoms with Gasteiger partial charge in [-0.2, -0.15) is 0 Å². The van der Waals surface area contributed by atoms with Gasteiger partial charge in [0.25, 0.3) is 5.91 Å². The Bertz CT molecular complexity index is 1510. The van der Waals surface area contributed by atoms with Crippen LogP contribution in [0.15, 0.2) is 48.5 Å². The van der Waals surface area contributed by atoms with E-state index in [2.05, 4.69) is 21.3 Å². The van der Waals surface area contributed by atoms with Gasteiger partial charge in [0.05, 0.1) is 27.7 Å². The fourth-order valence-corrected chi connectivity index (χ4v) is 5.18. The Morgan fingerprint density at radius 1 is 0.882 bits per heavy atom. The van der Waals surface area contributed by atoms with Crippen LogP contribution in [0.5, 0.6) is 0 Å². The van der Waals surface area contributed by atoms with Crippen LogP contribution in [-0.4, -0.2) is 98.6 Å². The number of likely N-dealkylation sites (N-methyl/N-ethyl adjacent to an activating group) is 1. The van der Waals surface area contributed by atoms with Crippen molar-refractivity contribution in [3.8, 4) is 0 Å². The molecule has 0 fully saturated rings. The molecule has 0 saturated heterocycles. The number of urea groups is 1. The summed E-state index contributed by atoms with van der Waals surface area (Å²) in [6.07, 6.45) is 0.761. The summed E-state index contributed by atoms with van der Waals surface area (Å²) in [5, 5.41) is 10.7. The molecule has 2 rings (SSSR count). The number of ether oxygens (including phenoxy) is 1. The van der Waals surface area contributed by atoms with Crippen LogP contribution < -0.4 is 27.0 Å². The molecular formula is C34H52N6O10P+. The lowest BCUT2D eigenvalue weighted by molar-refractivity contribution is -0.870. The molecule has 0 bridgehead atoms. The van der Waals surface area contributed by atoms with E-state index in [-0.39, 0.29) is 44.3 Å². The highest BCUT2D eigenvalue weighted by atomic mass is 31.2. The van der Waals surface area contributed by atoms with Gasteiger partial charge < -0.3 is 41.1 Å². The van der Waals surface area contributed by atoms with E-state index in [0.717, 1.165) is 11.1 Å². The van der Waals surface area contributed by atoms with E-state index >= 15 is 0 Å². The van der Waals surface area contributed by atoms with Crippen molar-refractivity contribution < 1.29 is 51.7 Å². The minimum atomic E-state index is -4.20. The zero-order chi connectivity index (χ0) is 38.2. The number of primary amides is 1. The number of nitrogens with two attached hydrogens (primary N) is 1. The minimum Gasteiger partial charge on any atom is -0.461 e. The molecule has 51 heavy (non-hydrogen) atoms. The number of benzene rings is 2. The highest BCUT2D eigenvalue weighted by Crippen LogP contribution is 2.43. The van der Waals surface area contributed by atoms with Crippen LogP contribution in [0, 0.1) is 5.92 Å². The maximum atomic E-state index is 13.5. The van der Waals surface area contributed by atoms with Crippen molar-refractivity contribution in [2.75, 3.05) is 52.8 Å². The molecule has 2 aromatic carbocycles. The molecule has 0 radical (unpaired) electrons. The quantitative estimate of drug-likeness (QED) is 0.0475. The number of anilines is 1. The molecule has 7 N–H and O–H groups in total. The standard InChI is InChI=1S/C34H51N6O10P/c1-23(2)30(39-31(42)27-13-9-25(10-14-27)17-20-49-51(46,47)50-21-19-40(4,5)6)33(44)38-29(8-7-18-36-34(35)45)32(43)37-28-15-11-26(12-16-28)22-48-24(3)41/h9-16,23,29-30H,7-8,17-22H2,1-6H3,(H6-,35,36,37,38,39,42,43,44,45,46,47)/p+1/t29-,30-/m0/s1. The number of nitrogens with one attached hydrogen (secondary N) is 4. The van der Waals surface area contributed by atoms with Crippen molar-refractivity contribution in [2.24, 2.45) is 11.7 Å². The zero-order valence-corrected chi connectivity index (χ0v) is 31.0. The van der Waals surface area contributed by atoms with E-state index in [1.807, 2.05) is 21.1 Å². The number of quaternary nitrogens is 1. The van der Waals surface area contributed by atoms with Gasteiger partial charge in [-0.15, -0.1) is 0 Å². The highest BCUT2D eigenvalue weighted by Gasteiger charge is 2.29. The number of hydrogen-bond donors (Lipinski definition) is 6. The predicted molar refractivity (Wildman–Crippen MR) is 190 cm³/mol. The van der Waals surface area contributed by atoms with Gasteiger partial charge in [0.1, 0.15) is 31.8 Å². The topological polar surface area (TPSA) is 224 Å². The first-order valence-electron chi connectivity index (χ1n) is 16.5. The van der Waals surface area contributed by atoms with E-state index in [1.54, 1.807) is 62.4 Å². The van der Waals surface area contributed by atoms with E-state index in [1.165, 1.54) is 6.92 Å². The number of amides is 5. The van der Waals surface area contributed by atoms with Gasteiger partial charge in [0.2, 0.25) is 11.8 Å². The Kier molecular flexibility index (Phi) is 17.2. The molecule has 0 aliphatic rings. The lowest BCUT2D eigenvalue weighted by atomic mass is 10.0. The smallest absolute Gasteiger partial charge is 0.461 e. The molecular weight excluding hydrogens is 683 g/mol. The molecule has 0 heterocycles. The summed E-state index contributed by atoms with van der Waals surface area (Å²) in [4.78, 5) is 72.1. The molecule has 3 atom stereocenters. The number of phosphoric ester groups is 1. The minimum absolute atomic E-state index is 0.0639. The molecule has 0 spiro atoms. The Hall–Kier alpha value is -4.34. The first kappa shape index (κ1) is 42.8. The average Bonchev–Trinajstić information content (AvgIpc) is 3.03. The molecule has 0 aromatic heterocycles. The van der Waals surface area contributed by atoms with Crippen LogP contribution in [-0.2, 0) is 45.8 Å². The maximum Gasteiger partial charge on any atom is 0.472 e. The number of esters is 1. The molecule has 0 aliphatic heterocycles. The van der Waals surface area contributed by atoms with Gasteiger partial charge in [0, 0.05) is 24.7 Å². The molecule has 16 nitrogen and oxygen atoms in total. The Labute approximate surface area is 299 Å². The third kappa shape index (κ3) is 17.4. The Morgan fingerprint density at radius 3 is 2.06 bits per heavy atom. The Morgan fingerprint density at radius 2 is 1.49 bits per heavy atom. The largest absolute Gasteiger partial charge is 0.472 e. The van der Waals surface area contributed by atoms with Gasteiger partial charge in [-0.25, -0.2) is 9.36 Å². The summed E-state index contributed by atoms with van der Waals surface area (Å²) in [6, 6.07) is 10.4. The average molecular weight is 736 g/mol. The second kappa shape index (κ2) is 20.5. The molecule has 1 unspecified atom stereocenters. The van der Waals surface area contributed by atoms with Crippen LogP contribution in [0.1, 0.15) is 55.1 Å². The second-order valence-electron chi connectivity index (χ2n) is 13.3. The van der Waals surface area contributed by atoms with Gasteiger partial charge in [0.15, 0.2) is 0 Å². The molecule has 17 heteroatoms. The number of carbonyl (C=O) groups excluding carboxylic acids is 5. The van der Waals surface area contributed by atoms with Gasteiger partial charge in [-0.05, 0) is 60.6 Å². The molecule has 2 aromatic rings. The van der Waals surface area contributed by atoms with Crippen LogP contribution in [0.25, 0.3) is 0 Å². The van der Waals surface area contributed by atoms with Crippen LogP contribution in [0.3, 0.4) is 0 Å². The van der Waals surface area contributed by atoms with Crippen LogP contribution >= 0.6 is 7.82 Å². The third-order valence-corrected chi connectivity index (χ3v) is 8.40. The molecule has 5 amide bonds. The summed E-state index contributed by atoms with van der Waals surface area (Å²) in [5.41, 5.74) is 7.33. The third-order valence-electron chi connectivity index (χ3n) is 7.38. The van der Waals surface area contributed by atoms with Crippen molar-refractivity contribution >= 4 is 43.2 Å². The second-order valence-corrected chi connectivity index (χ2v) is 14.7. The predicted octanol–water partition coefficient (Wildman–Crippen LogP) is 2.46. The number of phosphoric acid groups is 1. The van der Waals surface area contributed by atoms with Crippen molar-refractivity contribution in [3.63, 3.8) is 0 Å². The normalized spacial score (nSPS) is 13.7. The Balaban J connectivity index is 2.02. The number of carbonyl (C=O) groups is 5. The number of hydrogen-bond acceptors (Lipinski definition) is 9. The lowest BCUT2D eigenvalue weighted by Crippen LogP contribution is -2.54. The highest BCUT2D eigenvalue weighted by molar-refractivity contribution is 7.47. The summed E-state index contributed by atoms with van der Waals surface area (Å²) in [7, 11) is 1.60. The van der Waals surface area contributed by atoms with Gasteiger partial charge in [-0.3, -0.25) is 28.2 Å². The van der Waals surface area contributed by atoms with Gasteiger partial charge in [-0.1, -0.05) is 38.1 Å². The summed E-state index contributed by atoms with van der Waals surface area (Å²) >= 11 is 0. The van der Waals surface area contributed by atoms with E-state index in [9.17, 15) is 33.4 Å². The van der Waals surface area contributed by atoms with Crippen molar-refractivity contribution in [3.05, 3.63) is 65.2 Å². The molecule has 282 valence electrons. The first-order valence-corrected chi connectivity index (χ1v) is 18.0. The van der Waals surface area contributed by atoms with Crippen molar-refractivity contribution in [1.29, 1.82) is 0 Å². The monoisotopic (exact) mass is 735 g/mol. The number of rotatable bonds is 21. The fraction of sp³-hybridized carbons (Fsp3) is 0.500. The van der Waals surface area contributed by atoms with Crippen molar-refractivity contribution in [2.45, 2.75) is 58.7 Å². The first-order chi connectivity index (χ1) is 23.8. The number of nitrogens with zero attached hydrogens (tertiary/aromatic N) is 1. The SMILES string of the molecule is CC(=O)OCc1ccc(NC(=O)[C@H](CCCNC(N)=O)NC(=O)[C@@H](NC(=O)c2ccc(CCOP(=O)(O)OCC[N+](C)(C)C)cc2)C(C)C)cc1. The molecule has 0 saturated carbocycles. The van der Waals surface area contributed by atoms with Crippen LogP contribution in [0.2, 0.25) is 0 Å². The van der Waals surface area contributed by atoms with E-state index in [0.29, 0.717) is 29.6 Å². The summed E-state index contributed by atoms with van der Waals surface area (Å²) in [5.74, 6) is -2.38. The van der Waals surface area contributed by atoms with E-state index in [4.69, 9.17) is 19.5 Å². The lowest BCUT2D eigenvalue weighted by Gasteiger charge is -2.25. The fourth-order valence-electron chi connectivity index (χ4n) is 4.48. The summed E-state index contributed by atoms with van der Waals surface area (Å²) < 4.78 is 27.8. The zero-order valence-electron chi connectivity index (χ0n) is 30.1.